The summed E-state index contributed by atoms with van der Waals surface area (Å²) in [4.78, 5) is 2.42. The third-order valence-electron chi connectivity index (χ3n) is 3.17. The zero-order valence-corrected chi connectivity index (χ0v) is 12.9. The average molecular weight is 280 g/mol. The Kier molecular flexibility index (Phi) is 4.86. The van der Waals surface area contributed by atoms with Crippen molar-refractivity contribution in [2.75, 3.05) is 30.3 Å². The Bertz CT molecular complexity index is 415. The van der Waals surface area contributed by atoms with Gasteiger partial charge in [-0.15, -0.1) is 0 Å². The van der Waals surface area contributed by atoms with Crippen LogP contribution in [0, 0.1) is 0 Å². The first-order valence-electron chi connectivity index (χ1n) is 7.02. The first-order chi connectivity index (χ1) is 9.08. The molecule has 0 spiro atoms. The van der Waals surface area contributed by atoms with Crippen molar-refractivity contribution in [1.29, 1.82) is 0 Å². The van der Waals surface area contributed by atoms with Gasteiger partial charge in [0.2, 0.25) is 0 Å². The van der Waals surface area contributed by atoms with Crippen molar-refractivity contribution in [1.82, 2.24) is 0 Å². The van der Waals surface area contributed by atoms with Crippen molar-refractivity contribution in [3.63, 3.8) is 0 Å². The van der Waals surface area contributed by atoms with Gasteiger partial charge < -0.3 is 15.4 Å². The van der Waals surface area contributed by atoms with E-state index < -0.39 is 0 Å². The average Bonchev–Trinajstić information content (AvgIpc) is 2.34. The third kappa shape index (κ3) is 3.96. The highest BCUT2D eigenvalue weighted by atomic mass is 32.2. The number of nitrogen functional groups attached to an aromatic ring is 1. The van der Waals surface area contributed by atoms with E-state index in [9.17, 15) is 0 Å². The Labute approximate surface area is 120 Å². The number of thioether (sulfide) groups is 1. The molecule has 2 N–H and O–H groups in total. The van der Waals surface area contributed by atoms with Crippen LogP contribution in [0.25, 0.3) is 0 Å². The van der Waals surface area contributed by atoms with Crippen molar-refractivity contribution < 1.29 is 4.74 Å². The topological polar surface area (TPSA) is 38.5 Å². The smallest absolute Gasteiger partial charge is 0.123 e. The minimum Gasteiger partial charge on any atom is -0.493 e. The van der Waals surface area contributed by atoms with Crippen molar-refractivity contribution in [2.24, 2.45) is 0 Å². The lowest BCUT2D eigenvalue weighted by Gasteiger charge is -2.36. The van der Waals surface area contributed by atoms with Crippen LogP contribution in [0.5, 0.6) is 5.75 Å². The summed E-state index contributed by atoms with van der Waals surface area (Å²) in [5.41, 5.74) is 7.96. The van der Waals surface area contributed by atoms with Crippen molar-refractivity contribution >= 4 is 23.1 Å². The number of hydrogen-bond acceptors (Lipinski definition) is 4. The van der Waals surface area contributed by atoms with Gasteiger partial charge in [0.1, 0.15) is 5.75 Å². The molecule has 0 aliphatic carbocycles. The molecule has 106 valence electrons. The number of benzene rings is 1. The molecule has 1 aliphatic rings. The first kappa shape index (κ1) is 14.4. The molecular formula is C15H24N2OS. The number of ether oxygens (including phenoxy) is 1. The Morgan fingerprint density at radius 1 is 1.26 bits per heavy atom. The molecule has 3 nitrogen and oxygen atoms in total. The van der Waals surface area contributed by atoms with Gasteiger partial charge in [-0.2, -0.15) is 11.8 Å². The van der Waals surface area contributed by atoms with E-state index in [1.54, 1.807) is 0 Å². The molecule has 2 rings (SSSR count). The molecule has 1 aliphatic heterocycles. The fourth-order valence-electron chi connectivity index (χ4n) is 2.48. The Morgan fingerprint density at radius 2 is 1.95 bits per heavy atom. The lowest BCUT2D eigenvalue weighted by molar-refractivity contribution is 0.317. The molecule has 1 aromatic rings. The van der Waals surface area contributed by atoms with E-state index in [1.165, 1.54) is 5.69 Å². The predicted octanol–water partition coefficient (Wildman–Crippen LogP) is 3.39. The zero-order chi connectivity index (χ0) is 13.8. The van der Waals surface area contributed by atoms with Gasteiger partial charge in [0.25, 0.3) is 0 Å². The van der Waals surface area contributed by atoms with Crippen molar-refractivity contribution in [2.45, 2.75) is 37.7 Å². The maximum absolute atomic E-state index is 6.00. The van der Waals surface area contributed by atoms with Gasteiger partial charge in [0, 0.05) is 47.1 Å². The SMILES string of the molecule is CCCOc1cc(N)cc(N2CC(C)SC(C)C2)c1. The molecule has 4 heteroatoms. The molecule has 1 saturated heterocycles. The number of rotatable bonds is 4. The van der Waals surface area contributed by atoms with Crippen LogP contribution in [0.1, 0.15) is 27.2 Å². The highest BCUT2D eigenvalue weighted by Crippen LogP contribution is 2.32. The number of nitrogens with two attached hydrogens (primary N) is 1. The highest BCUT2D eigenvalue weighted by molar-refractivity contribution is 8.00. The second-order valence-electron chi connectivity index (χ2n) is 5.27. The van der Waals surface area contributed by atoms with Gasteiger partial charge in [0.15, 0.2) is 0 Å². The summed E-state index contributed by atoms with van der Waals surface area (Å²) >= 11 is 2.06. The molecule has 0 saturated carbocycles. The van der Waals surface area contributed by atoms with Crippen LogP contribution in [0.15, 0.2) is 18.2 Å². The van der Waals surface area contributed by atoms with E-state index in [2.05, 4.69) is 43.5 Å². The summed E-state index contributed by atoms with van der Waals surface area (Å²) in [6.45, 7) is 9.57. The number of nitrogens with zero attached hydrogens (tertiary/aromatic N) is 1. The maximum atomic E-state index is 6.00. The van der Waals surface area contributed by atoms with Crippen LogP contribution in [-0.2, 0) is 0 Å². The van der Waals surface area contributed by atoms with Gasteiger partial charge in [-0.1, -0.05) is 20.8 Å². The number of hydrogen-bond donors (Lipinski definition) is 1. The van der Waals surface area contributed by atoms with Crippen LogP contribution in [-0.4, -0.2) is 30.2 Å². The van der Waals surface area contributed by atoms with Crippen molar-refractivity contribution in [3.8, 4) is 5.75 Å². The van der Waals surface area contributed by atoms with Gasteiger partial charge in [-0.05, 0) is 12.5 Å². The van der Waals surface area contributed by atoms with Gasteiger partial charge in [-0.3, -0.25) is 0 Å². The monoisotopic (exact) mass is 280 g/mol. The Morgan fingerprint density at radius 3 is 2.58 bits per heavy atom. The summed E-state index contributed by atoms with van der Waals surface area (Å²) in [6.07, 6.45) is 1.01. The summed E-state index contributed by atoms with van der Waals surface area (Å²) in [5, 5.41) is 1.32. The predicted molar refractivity (Wildman–Crippen MR) is 85.4 cm³/mol. The highest BCUT2D eigenvalue weighted by Gasteiger charge is 2.22. The standard InChI is InChI=1S/C15H24N2OS/c1-4-5-18-15-7-13(16)6-14(8-15)17-9-11(2)19-12(3)10-17/h6-8,11-12H,4-5,9-10,16H2,1-3H3. The van der Waals surface area contributed by atoms with Crippen LogP contribution in [0.3, 0.4) is 0 Å². The van der Waals surface area contributed by atoms with Crippen LogP contribution < -0.4 is 15.4 Å². The summed E-state index contributed by atoms with van der Waals surface area (Å²) < 4.78 is 5.71. The van der Waals surface area contributed by atoms with E-state index in [0.717, 1.165) is 37.6 Å². The molecule has 2 atom stereocenters. The van der Waals surface area contributed by atoms with Gasteiger partial charge in [0.05, 0.1) is 6.61 Å². The van der Waals surface area contributed by atoms with Crippen LogP contribution in [0.2, 0.25) is 0 Å². The fourth-order valence-corrected chi connectivity index (χ4v) is 3.81. The molecule has 2 unspecified atom stereocenters. The Hall–Kier alpha value is -1.03. The molecule has 19 heavy (non-hydrogen) atoms. The largest absolute Gasteiger partial charge is 0.493 e. The molecule has 1 aromatic carbocycles. The molecule has 0 radical (unpaired) electrons. The molecule has 0 bridgehead atoms. The van der Waals surface area contributed by atoms with Gasteiger partial charge >= 0.3 is 0 Å². The maximum Gasteiger partial charge on any atom is 0.123 e. The van der Waals surface area contributed by atoms with E-state index in [0.29, 0.717) is 10.5 Å². The quantitative estimate of drug-likeness (QED) is 0.858. The third-order valence-corrected chi connectivity index (χ3v) is 4.40. The molecule has 1 fully saturated rings. The second kappa shape index (κ2) is 6.42. The van der Waals surface area contributed by atoms with E-state index >= 15 is 0 Å². The minimum atomic E-state index is 0.658. The fraction of sp³-hybridized carbons (Fsp3) is 0.600. The minimum absolute atomic E-state index is 0.658. The van der Waals surface area contributed by atoms with Gasteiger partial charge in [-0.25, -0.2) is 0 Å². The molecule has 0 amide bonds. The normalized spacial score (nSPS) is 23.4. The molecular weight excluding hydrogens is 256 g/mol. The van der Waals surface area contributed by atoms with E-state index in [-0.39, 0.29) is 0 Å². The second-order valence-corrected chi connectivity index (χ2v) is 7.15. The van der Waals surface area contributed by atoms with Crippen molar-refractivity contribution in [3.05, 3.63) is 18.2 Å². The van der Waals surface area contributed by atoms with Crippen LogP contribution in [0.4, 0.5) is 11.4 Å². The lowest BCUT2D eigenvalue weighted by Crippen LogP contribution is -2.40. The van der Waals surface area contributed by atoms with E-state index in [1.807, 2.05) is 12.1 Å². The molecule has 1 heterocycles. The first-order valence-corrected chi connectivity index (χ1v) is 7.96. The summed E-state index contributed by atoms with van der Waals surface area (Å²) in [5.74, 6) is 0.885. The van der Waals surface area contributed by atoms with E-state index in [4.69, 9.17) is 10.5 Å². The van der Waals surface area contributed by atoms with Crippen LogP contribution >= 0.6 is 11.8 Å². The summed E-state index contributed by atoms with van der Waals surface area (Å²) in [7, 11) is 0. The molecule has 0 aromatic heterocycles. The summed E-state index contributed by atoms with van der Waals surface area (Å²) in [6, 6.07) is 6.07. The lowest BCUT2D eigenvalue weighted by atomic mass is 10.2. The zero-order valence-electron chi connectivity index (χ0n) is 12.1. The Balaban J connectivity index is 2.16. The number of anilines is 2.